The van der Waals surface area contributed by atoms with Gasteiger partial charge in [0, 0.05) is 17.5 Å². The average molecular weight is 291 g/mol. The van der Waals surface area contributed by atoms with Gasteiger partial charge in [0.2, 0.25) is 0 Å². The number of hydrogen-bond donors (Lipinski definition) is 1. The topological polar surface area (TPSA) is 40.5 Å². The number of hydrogen-bond acceptors (Lipinski definition) is 3. The van der Waals surface area contributed by atoms with Gasteiger partial charge in [0.1, 0.15) is 6.23 Å². The Kier molecular flexibility index (Phi) is 3.90. The second kappa shape index (κ2) is 6.00. The van der Waals surface area contributed by atoms with Crippen molar-refractivity contribution in [2.75, 3.05) is 4.90 Å². The van der Waals surface area contributed by atoms with Gasteiger partial charge in [-0.05, 0) is 48.4 Å². The molecule has 3 rings (SSSR count). The summed E-state index contributed by atoms with van der Waals surface area (Å²) in [5, 5.41) is 10.2. The molecule has 0 saturated heterocycles. The van der Waals surface area contributed by atoms with E-state index >= 15 is 0 Å². The number of carbonyl (C=O) groups is 1. The fourth-order valence-electron chi connectivity index (χ4n) is 2.45. The zero-order valence-electron chi connectivity index (χ0n) is 12.3. The SMILES string of the molecule is CC(=O)c1ccc(N2C=C(c3ccccc3)C=CC2O)cc1. The van der Waals surface area contributed by atoms with Crippen LogP contribution in [0.15, 0.2) is 72.9 Å². The molecule has 2 aromatic carbocycles. The third kappa shape index (κ3) is 2.85. The molecule has 22 heavy (non-hydrogen) atoms. The Morgan fingerprint density at radius 1 is 1.05 bits per heavy atom. The summed E-state index contributed by atoms with van der Waals surface area (Å²) < 4.78 is 0. The fourth-order valence-corrected chi connectivity index (χ4v) is 2.45. The molecule has 1 unspecified atom stereocenters. The molecule has 1 heterocycles. The van der Waals surface area contributed by atoms with Crippen LogP contribution >= 0.6 is 0 Å². The number of aliphatic hydroxyl groups excluding tert-OH is 1. The molecule has 1 aliphatic rings. The number of ketones is 1. The lowest BCUT2D eigenvalue weighted by Gasteiger charge is -2.28. The van der Waals surface area contributed by atoms with Gasteiger partial charge in [0.15, 0.2) is 5.78 Å². The Labute approximate surface area is 129 Å². The highest BCUT2D eigenvalue weighted by Gasteiger charge is 2.17. The highest BCUT2D eigenvalue weighted by Crippen LogP contribution is 2.26. The molecule has 2 aromatic rings. The molecule has 0 bridgehead atoms. The van der Waals surface area contributed by atoms with Crippen LogP contribution in [0.2, 0.25) is 0 Å². The Morgan fingerprint density at radius 2 is 1.73 bits per heavy atom. The number of allylic oxidation sites excluding steroid dienone is 2. The van der Waals surface area contributed by atoms with Crippen molar-refractivity contribution < 1.29 is 9.90 Å². The van der Waals surface area contributed by atoms with Crippen LogP contribution in [-0.4, -0.2) is 17.1 Å². The van der Waals surface area contributed by atoms with Crippen molar-refractivity contribution in [1.29, 1.82) is 0 Å². The van der Waals surface area contributed by atoms with Crippen molar-refractivity contribution >= 4 is 17.0 Å². The first-order valence-electron chi connectivity index (χ1n) is 7.18. The summed E-state index contributed by atoms with van der Waals surface area (Å²) in [5.74, 6) is 0.0335. The van der Waals surface area contributed by atoms with Gasteiger partial charge in [0.05, 0.1) is 0 Å². The van der Waals surface area contributed by atoms with Crippen LogP contribution in [0.4, 0.5) is 5.69 Å². The quantitative estimate of drug-likeness (QED) is 0.878. The number of Topliss-reactive ketones (excluding diaryl/α,β-unsaturated/α-hetero) is 1. The summed E-state index contributed by atoms with van der Waals surface area (Å²) in [6.07, 6.45) is 4.88. The molecule has 0 radical (unpaired) electrons. The predicted molar refractivity (Wildman–Crippen MR) is 88.5 cm³/mol. The molecule has 0 spiro atoms. The molecular weight excluding hydrogens is 274 g/mol. The van der Waals surface area contributed by atoms with E-state index in [0.717, 1.165) is 16.8 Å². The van der Waals surface area contributed by atoms with Gasteiger partial charge in [-0.1, -0.05) is 36.4 Å². The Balaban J connectivity index is 1.93. The summed E-state index contributed by atoms with van der Waals surface area (Å²) >= 11 is 0. The molecule has 0 amide bonds. The minimum Gasteiger partial charge on any atom is -0.370 e. The highest BCUT2D eigenvalue weighted by molar-refractivity contribution is 5.94. The third-order valence-corrected chi connectivity index (χ3v) is 3.69. The van der Waals surface area contributed by atoms with Crippen molar-refractivity contribution in [3.63, 3.8) is 0 Å². The molecule has 110 valence electrons. The molecule has 0 saturated carbocycles. The Bertz CT molecular complexity index is 730. The zero-order chi connectivity index (χ0) is 15.5. The molecule has 0 aliphatic carbocycles. The van der Waals surface area contributed by atoms with Gasteiger partial charge < -0.3 is 10.0 Å². The first kappa shape index (κ1) is 14.3. The van der Waals surface area contributed by atoms with Gasteiger partial charge in [-0.3, -0.25) is 4.79 Å². The second-order valence-electron chi connectivity index (χ2n) is 5.23. The van der Waals surface area contributed by atoms with Crippen molar-refractivity contribution in [3.05, 3.63) is 84.1 Å². The number of benzene rings is 2. The van der Waals surface area contributed by atoms with E-state index in [9.17, 15) is 9.90 Å². The predicted octanol–water partition coefficient (Wildman–Crippen LogP) is 3.62. The number of aliphatic hydroxyl groups is 1. The van der Waals surface area contributed by atoms with Gasteiger partial charge in [-0.2, -0.15) is 0 Å². The molecular formula is C19H17NO2. The van der Waals surface area contributed by atoms with Crippen molar-refractivity contribution in [2.45, 2.75) is 13.2 Å². The summed E-state index contributed by atoms with van der Waals surface area (Å²) in [7, 11) is 0. The maximum Gasteiger partial charge on any atom is 0.159 e. The molecule has 1 N–H and O–H groups in total. The summed E-state index contributed by atoms with van der Waals surface area (Å²) in [6.45, 7) is 1.54. The molecule has 3 nitrogen and oxygen atoms in total. The monoisotopic (exact) mass is 291 g/mol. The van der Waals surface area contributed by atoms with E-state index in [1.807, 2.05) is 54.7 Å². The first-order valence-corrected chi connectivity index (χ1v) is 7.18. The largest absolute Gasteiger partial charge is 0.370 e. The third-order valence-electron chi connectivity index (χ3n) is 3.69. The van der Waals surface area contributed by atoms with Crippen LogP contribution in [0, 0.1) is 0 Å². The minimum absolute atomic E-state index is 0.0335. The zero-order valence-corrected chi connectivity index (χ0v) is 12.3. The number of rotatable bonds is 3. The normalized spacial score (nSPS) is 17.3. The summed E-state index contributed by atoms with van der Waals surface area (Å²) in [4.78, 5) is 13.1. The molecule has 1 aliphatic heterocycles. The van der Waals surface area contributed by atoms with E-state index in [2.05, 4.69) is 0 Å². The van der Waals surface area contributed by atoms with Gasteiger partial charge >= 0.3 is 0 Å². The van der Waals surface area contributed by atoms with Gasteiger partial charge in [-0.15, -0.1) is 0 Å². The standard InChI is InChI=1S/C19H17NO2/c1-14(21)15-7-10-18(11-8-15)20-13-17(9-12-19(20)22)16-5-3-2-4-6-16/h2-13,19,22H,1H3. The van der Waals surface area contributed by atoms with Crippen LogP contribution in [0.25, 0.3) is 5.57 Å². The van der Waals surface area contributed by atoms with Crippen molar-refractivity contribution in [3.8, 4) is 0 Å². The summed E-state index contributed by atoms with van der Waals surface area (Å²) in [5.41, 5.74) is 3.63. The van der Waals surface area contributed by atoms with Crippen LogP contribution in [0.5, 0.6) is 0 Å². The van der Waals surface area contributed by atoms with Crippen molar-refractivity contribution in [1.82, 2.24) is 0 Å². The van der Waals surface area contributed by atoms with E-state index in [1.54, 1.807) is 30.0 Å². The number of nitrogens with zero attached hydrogens (tertiary/aromatic N) is 1. The second-order valence-corrected chi connectivity index (χ2v) is 5.23. The van der Waals surface area contributed by atoms with Crippen LogP contribution in [0.1, 0.15) is 22.8 Å². The number of carbonyl (C=O) groups excluding carboxylic acids is 1. The van der Waals surface area contributed by atoms with Gasteiger partial charge in [0.25, 0.3) is 0 Å². The highest BCUT2D eigenvalue weighted by atomic mass is 16.3. The van der Waals surface area contributed by atoms with Crippen molar-refractivity contribution in [2.24, 2.45) is 0 Å². The van der Waals surface area contributed by atoms with E-state index < -0.39 is 6.23 Å². The molecule has 0 aromatic heterocycles. The van der Waals surface area contributed by atoms with E-state index in [4.69, 9.17) is 0 Å². The Morgan fingerprint density at radius 3 is 2.36 bits per heavy atom. The maximum absolute atomic E-state index is 11.3. The summed E-state index contributed by atoms with van der Waals surface area (Å²) in [6, 6.07) is 17.3. The van der Waals surface area contributed by atoms with Crippen LogP contribution in [0.3, 0.4) is 0 Å². The number of anilines is 1. The molecule has 0 fully saturated rings. The molecule has 3 heteroatoms. The van der Waals surface area contributed by atoms with E-state index in [1.165, 1.54) is 0 Å². The lowest BCUT2D eigenvalue weighted by molar-refractivity contribution is 0.101. The molecule has 1 atom stereocenters. The fraction of sp³-hybridized carbons (Fsp3) is 0.105. The Hall–Kier alpha value is -2.65. The maximum atomic E-state index is 11.3. The van der Waals surface area contributed by atoms with E-state index in [-0.39, 0.29) is 5.78 Å². The van der Waals surface area contributed by atoms with E-state index in [0.29, 0.717) is 5.56 Å². The minimum atomic E-state index is -0.712. The van der Waals surface area contributed by atoms with Crippen LogP contribution in [-0.2, 0) is 0 Å². The lowest BCUT2D eigenvalue weighted by Crippen LogP contribution is -2.30. The average Bonchev–Trinajstić information content (AvgIpc) is 2.56. The van der Waals surface area contributed by atoms with Gasteiger partial charge in [-0.25, -0.2) is 0 Å². The first-order chi connectivity index (χ1) is 10.6. The lowest BCUT2D eigenvalue weighted by atomic mass is 10.0. The smallest absolute Gasteiger partial charge is 0.159 e. The van der Waals surface area contributed by atoms with Crippen LogP contribution < -0.4 is 4.90 Å².